The smallest absolute Gasteiger partial charge is 0.0230 e. The van der Waals surface area contributed by atoms with Gasteiger partial charge in [-0.3, -0.25) is 4.99 Å². The van der Waals surface area contributed by atoms with Crippen LogP contribution in [0.4, 0.5) is 0 Å². The Kier molecular flexibility index (Phi) is 5.68. The van der Waals surface area contributed by atoms with Crippen LogP contribution in [0.25, 0.3) is 0 Å². The van der Waals surface area contributed by atoms with Crippen molar-refractivity contribution < 1.29 is 0 Å². The summed E-state index contributed by atoms with van der Waals surface area (Å²) >= 11 is 0. The van der Waals surface area contributed by atoms with Crippen molar-refractivity contribution in [2.75, 3.05) is 0 Å². The van der Waals surface area contributed by atoms with Crippen molar-refractivity contribution in [2.45, 2.75) is 41.5 Å². The van der Waals surface area contributed by atoms with Gasteiger partial charge >= 0.3 is 0 Å². The van der Waals surface area contributed by atoms with E-state index in [9.17, 15) is 0 Å². The molecule has 13 heavy (non-hydrogen) atoms. The predicted molar refractivity (Wildman–Crippen MR) is 61.1 cm³/mol. The third-order valence-electron chi connectivity index (χ3n) is 2.55. The lowest BCUT2D eigenvalue weighted by Gasteiger charge is -2.08. The third-order valence-corrected chi connectivity index (χ3v) is 2.55. The average molecular weight is 181 g/mol. The lowest BCUT2D eigenvalue weighted by molar-refractivity contribution is 0.503. The first-order valence-electron chi connectivity index (χ1n) is 5.16. The number of hydrogen-bond donors (Lipinski definition) is 0. The fourth-order valence-corrected chi connectivity index (χ4v) is 0.668. The molecule has 0 aromatic carbocycles. The topological polar surface area (TPSA) is 12.4 Å². The maximum absolute atomic E-state index is 4.38. The standard InChI is InChI=1S/C12H23N/c1-9(2)11(5)7-8-13-12(6)10(3)4/h7-11H,1-6H3/b8-7-,13-12+. The molecule has 76 valence electrons. The highest BCUT2D eigenvalue weighted by Gasteiger charge is 2.01. The SMILES string of the molecule is C/C(=N\C=C/C(C)C(C)C)C(C)C. The first kappa shape index (κ1) is 12.4. The zero-order chi connectivity index (χ0) is 10.4. The van der Waals surface area contributed by atoms with Gasteiger partial charge in [0.25, 0.3) is 0 Å². The summed E-state index contributed by atoms with van der Waals surface area (Å²) < 4.78 is 0. The monoisotopic (exact) mass is 181 g/mol. The first-order valence-corrected chi connectivity index (χ1v) is 5.16. The van der Waals surface area contributed by atoms with Crippen molar-refractivity contribution in [3.05, 3.63) is 12.3 Å². The molecule has 1 atom stereocenters. The Morgan fingerprint density at radius 2 is 1.62 bits per heavy atom. The van der Waals surface area contributed by atoms with Crippen molar-refractivity contribution in [1.29, 1.82) is 0 Å². The lowest BCUT2D eigenvalue weighted by Crippen LogP contribution is -2.01. The Morgan fingerprint density at radius 3 is 2.00 bits per heavy atom. The molecule has 0 aliphatic rings. The van der Waals surface area contributed by atoms with Crippen molar-refractivity contribution in [2.24, 2.45) is 22.7 Å². The van der Waals surface area contributed by atoms with Crippen LogP contribution in [0.3, 0.4) is 0 Å². The summed E-state index contributed by atoms with van der Waals surface area (Å²) in [6.07, 6.45) is 4.12. The van der Waals surface area contributed by atoms with Gasteiger partial charge in [0.15, 0.2) is 0 Å². The van der Waals surface area contributed by atoms with Gasteiger partial charge in [0, 0.05) is 11.9 Å². The molecule has 1 nitrogen and oxygen atoms in total. The molecule has 0 fully saturated rings. The van der Waals surface area contributed by atoms with E-state index in [0.717, 1.165) is 0 Å². The summed E-state index contributed by atoms with van der Waals surface area (Å²) in [6.45, 7) is 13.1. The molecule has 1 heteroatoms. The molecule has 0 N–H and O–H groups in total. The number of allylic oxidation sites excluding steroid dienone is 1. The Hall–Kier alpha value is -0.590. The van der Waals surface area contributed by atoms with Crippen LogP contribution < -0.4 is 0 Å². The average Bonchev–Trinajstić information content (AvgIpc) is 2.03. The zero-order valence-electron chi connectivity index (χ0n) is 9.83. The molecule has 0 heterocycles. The maximum Gasteiger partial charge on any atom is 0.0230 e. The van der Waals surface area contributed by atoms with E-state index in [0.29, 0.717) is 17.8 Å². The van der Waals surface area contributed by atoms with Crippen LogP contribution in [0.1, 0.15) is 41.5 Å². The second-order valence-electron chi connectivity index (χ2n) is 4.37. The van der Waals surface area contributed by atoms with Gasteiger partial charge in [0.2, 0.25) is 0 Å². The second-order valence-corrected chi connectivity index (χ2v) is 4.37. The van der Waals surface area contributed by atoms with E-state index in [1.54, 1.807) is 0 Å². The van der Waals surface area contributed by atoms with Crippen molar-refractivity contribution in [1.82, 2.24) is 0 Å². The van der Waals surface area contributed by atoms with E-state index in [-0.39, 0.29) is 0 Å². The van der Waals surface area contributed by atoms with Gasteiger partial charge in [-0.2, -0.15) is 0 Å². The highest BCUT2D eigenvalue weighted by Crippen LogP contribution is 2.10. The molecule has 0 bridgehead atoms. The molecular formula is C12H23N. The molecule has 0 saturated heterocycles. The summed E-state index contributed by atoms with van der Waals surface area (Å²) in [7, 11) is 0. The Labute approximate surface area is 83.0 Å². The van der Waals surface area contributed by atoms with Crippen LogP contribution in [-0.2, 0) is 0 Å². The molecule has 0 radical (unpaired) electrons. The maximum atomic E-state index is 4.38. The van der Waals surface area contributed by atoms with Crippen molar-refractivity contribution >= 4 is 5.71 Å². The summed E-state index contributed by atoms with van der Waals surface area (Å²) in [6, 6.07) is 0. The molecule has 0 amide bonds. The van der Waals surface area contributed by atoms with Gasteiger partial charge in [-0.05, 0) is 24.7 Å². The van der Waals surface area contributed by atoms with Gasteiger partial charge in [-0.25, -0.2) is 0 Å². The summed E-state index contributed by atoms with van der Waals surface area (Å²) in [5.41, 5.74) is 1.20. The number of rotatable bonds is 4. The molecule has 0 rings (SSSR count). The molecule has 0 saturated carbocycles. The van der Waals surface area contributed by atoms with Crippen molar-refractivity contribution in [3.8, 4) is 0 Å². The van der Waals surface area contributed by atoms with Crippen LogP contribution >= 0.6 is 0 Å². The van der Waals surface area contributed by atoms with Gasteiger partial charge < -0.3 is 0 Å². The van der Waals surface area contributed by atoms with Gasteiger partial charge in [-0.15, -0.1) is 0 Å². The largest absolute Gasteiger partial charge is 0.266 e. The minimum absolute atomic E-state index is 0.555. The molecule has 0 aliphatic heterocycles. The molecule has 0 aliphatic carbocycles. The van der Waals surface area contributed by atoms with E-state index in [1.807, 2.05) is 6.20 Å². The van der Waals surface area contributed by atoms with Crippen LogP contribution in [0.5, 0.6) is 0 Å². The minimum atomic E-state index is 0.555. The molecular weight excluding hydrogens is 158 g/mol. The normalized spacial score (nSPS) is 16.2. The quantitative estimate of drug-likeness (QED) is 0.583. The Morgan fingerprint density at radius 1 is 1.08 bits per heavy atom. The highest BCUT2D eigenvalue weighted by atomic mass is 14.7. The second kappa shape index (κ2) is 5.95. The van der Waals surface area contributed by atoms with E-state index in [4.69, 9.17) is 0 Å². The first-order chi connectivity index (χ1) is 5.95. The molecule has 0 aromatic rings. The molecule has 1 unspecified atom stereocenters. The van der Waals surface area contributed by atoms with E-state index >= 15 is 0 Å². The van der Waals surface area contributed by atoms with Crippen LogP contribution in [-0.4, -0.2) is 5.71 Å². The fourth-order valence-electron chi connectivity index (χ4n) is 0.668. The van der Waals surface area contributed by atoms with Gasteiger partial charge in [-0.1, -0.05) is 40.7 Å². The highest BCUT2D eigenvalue weighted by molar-refractivity contribution is 5.84. The van der Waals surface area contributed by atoms with E-state index < -0.39 is 0 Å². The van der Waals surface area contributed by atoms with E-state index in [1.165, 1.54) is 5.71 Å². The molecule has 0 aromatic heterocycles. The summed E-state index contributed by atoms with van der Waals surface area (Å²) in [5, 5.41) is 0. The van der Waals surface area contributed by atoms with Crippen LogP contribution in [0.2, 0.25) is 0 Å². The Bertz CT molecular complexity index is 187. The fraction of sp³-hybridized carbons (Fsp3) is 0.750. The zero-order valence-corrected chi connectivity index (χ0v) is 9.83. The predicted octanol–water partition coefficient (Wildman–Crippen LogP) is 3.91. The lowest BCUT2D eigenvalue weighted by atomic mass is 9.98. The number of hydrogen-bond acceptors (Lipinski definition) is 1. The number of aliphatic imine (C=N–C) groups is 1. The Balaban J connectivity index is 4.07. The number of nitrogens with zero attached hydrogens (tertiary/aromatic N) is 1. The third kappa shape index (κ3) is 5.62. The summed E-state index contributed by atoms with van der Waals surface area (Å²) in [5.74, 6) is 1.87. The van der Waals surface area contributed by atoms with Crippen LogP contribution in [0.15, 0.2) is 17.3 Å². The summed E-state index contributed by atoms with van der Waals surface area (Å²) in [4.78, 5) is 4.38. The minimum Gasteiger partial charge on any atom is -0.266 e. The van der Waals surface area contributed by atoms with E-state index in [2.05, 4.69) is 52.6 Å². The van der Waals surface area contributed by atoms with Crippen molar-refractivity contribution in [3.63, 3.8) is 0 Å². The molecule has 0 spiro atoms. The van der Waals surface area contributed by atoms with Gasteiger partial charge in [0.1, 0.15) is 0 Å². The van der Waals surface area contributed by atoms with Gasteiger partial charge in [0.05, 0.1) is 0 Å². The van der Waals surface area contributed by atoms with Crippen LogP contribution in [0, 0.1) is 17.8 Å².